The Labute approximate surface area is 495 Å². The molecule has 0 fully saturated rings. The SMILES string of the molecule is c1cc(-c2ccc3oc4ccccc4c3c2)cc(-c2c3ccccc3c(-c3cccc4c(-c5cccc6oc7c(-c8ccc(-c9c%10ccccc%10c(-c%10cccc%11ccccc%10%11)c%10ccccc9%10)cc8)cccc7c56)cccc34)c3ccccc23)c1. The summed E-state index contributed by atoms with van der Waals surface area (Å²) in [6.45, 7) is 0. The molecule has 0 atom stereocenters. The molecule has 0 saturated heterocycles. The second-order valence-electron chi connectivity index (χ2n) is 22.8. The van der Waals surface area contributed by atoms with Crippen molar-refractivity contribution in [2.24, 2.45) is 0 Å². The molecule has 0 bridgehead atoms. The van der Waals surface area contributed by atoms with E-state index in [0.717, 1.165) is 71.7 Å². The maximum atomic E-state index is 7.02. The topological polar surface area (TPSA) is 26.3 Å². The fourth-order valence-corrected chi connectivity index (χ4v) is 14.5. The highest BCUT2D eigenvalue weighted by Crippen LogP contribution is 2.50. The molecule has 2 aromatic heterocycles. The second kappa shape index (κ2) is 19.1. The fraction of sp³-hybridized carbons (Fsp3) is 0. The molecular weight excluding hydrogens is 1040 g/mol. The van der Waals surface area contributed by atoms with E-state index in [4.69, 9.17) is 8.83 Å². The van der Waals surface area contributed by atoms with Gasteiger partial charge in [-0.25, -0.2) is 0 Å². The van der Waals surface area contributed by atoms with Crippen LogP contribution in [0.15, 0.2) is 312 Å². The number of benzene rings is 16. The van der Waals surface area contributed by atoms with Crippen molar-refractivity contribution in [3.63, 3.8) is 0 Å². The van der Waals surface area contributed by atoms with Gasteiger partial charge in [0, 0.05) is 27.1 Å². The van der Waals surface area contributed by atoms with Gasteiger partial charge in [-0.2, -0.15) is 0 Å². The normalized spacial score (nSPS) is 12.0. The van der Waals surface area contributed by atoms with Crippen LogP contribution in [0.3, 0.4) is 0 Å². The molecule has 2 heterocycles. The molecule has 0 saturated carbocycles. The van der Waals surface area contributed by atoms with E-state index in [1.807, 2.05) is 12.1 Å². The molecule has 18 aromatic rings. The second-order valence-corrected chi connectivity index (χ2v) is 22.8. The highest BCUT2D eigenvalue weighted by Gasteiger charge is 2.23. The van der Waals surface area contributed by atoms with E-state index >= 15 is 0 Å². The van der Waals surface area contributed by atoms with Gasteiger partial charge in [-0.05, 0) is 167 Å². The van der Waals surface area contributed by atoms with Gasteiger partial charge in [0.25, 0.3) is 0 Å². The predicted octanol–water partition coefficient (Wildman–Crippen LogP) is 24.1. The Bertz CT molecular complexity index is 5720. The van der Waals surface area contributed by atoms with Crippen molar-refractivity contribution in [3.8, 4) is 77.9 Å². The van der Waals surface area contributed by atoms with Gasteiger partial charge in [0.05, 0.1) is 0 Å². The molecule has 0 aliphatic heterocycles. The quantitative estimate of drug-likeness (QED) is 0.149. The van der Waals surface area contributed by atoms with Gasteiger partial charge >= 0.3 is 0 Å². The Morgan fingerprint density at radius 3 is 1.23 bits per heavy atom. The number of furan rings is 2. The summed E-state index contributed by atoms with van der Waals surface area (Å²) >= 11 is 0. The lowest BCUT2D eigenvalue weighted by molar-refractivity contribution is 0.669. The molecule has 0 amide bonds. The van der Waals surface area contributed by atoms with Crippen molar-refractivity contribution in [2.75, 3.05) is 0 Å². The summed E-state index contributed by atoms with van der Waals surface area (Å²) in [7, 11) is 0. The minimum absolute atomic E-state index is 0.867. The van der Waals surface area contributed by atoms with Crippen LogP contribution in [0.25, 0.3) is 186 Å². The number of rotatable bonds is 7. The summed E-state index contributed by atoms with van der Waals surface area (Å²) < 4.78 is 13.2. The number of hydrogen-bond donors (Lipinski definition) is 0. The highest BCUT2D eigenvalue weighted by molar-refractivity contribution is 6.26. The molecule has 0 radical (unpaired) electrons. The first kappa shape index (κ1) is 48.2. The monoisotopic (exact) mass is 1090 g/mol. The van der Waals surface area contributed by atoms with E-state index in [1.54, 1.807) is 0 Å². The lowest BCUT2D eigenvalue weighted by Gasteiger charge is -2.20. The summed E-state index contributed by atoms with van der Waals surface area (Å²) in [5.41, 5.74) is 20.2. The predicted molar refractivity (Wildman–Crippen MR) is 364 cm³/mol. The van der Waals surface area contributed by atoms with Crippen LogP contribution >= 0.6 is 0 Å². The maximum absolute atomic E-state index is 7.02. The molecule has 0 aliphatic carbocycles. The van der Waals surface area contributed by atoms with Crippen molar-refractivity contribution >= 4 is 109 Å². The zero-order valence-corrected chi connectivity index (χ0v) is 46.7. The van der Waals surface area contributed by atoms with Gasteiger partial charge < -0.3 is 8.83 Å². The third-order valence-corrected chi connectivity index (χ3v) is 18.3. The first-order valence-electron chi connectivity index (χ1n) is 29.6. The minimum Gasteiger partial charge on any atom is -0.456 e. The van der Waals surface area contributed by atoms with Crippen molar-refractivity contribution in [1.29, 1.82) is 0 Å². The van der Waals surface area contributed by atoms with Crippen LogP contribution in [0.4, 0.5) is 0 Å². The van der Waals surface area contributed by atoms with Crippen LogP contribution in [0.2, 0.25) is 0 Å². The van der Waals surface area contributed by atoms with E-state index in [1.165, 1.54) is 115 Å². The Hall–Kier alpha value is -11.3. The van der Waals surface area contributed by atoms with Crippen LogP contribution in [0, 0.1) is 0 Å². The Balaban J connectivity index is 0.746. The van der Waals surface area contributed by atoms with Crippen LogP contribution in [-0.2, 0) is 0 Å². The lowest BCUT2D eigenvalue weighted by atomic mass is 9.83. The molecular formula is C84H50O2. The van der Waals surface area contributed by atoms with Gasteiger partial charge in [0.2, 0.25) is 0 Å². The van der Waals surface area contributed by atoms with E-state index in [0.29, 0.717) is 0 Å². The van der Waals surface area contributed by atoms with E-state index in [-0.39, 0.29) is 0 Å². The molecule has 0 unspecified atom stereocenters. The van der Waals surface area contributed by atoms with Gasteiger partial charge in [-0.1, -0.05) is 273 Å². The van der Waals surface area contributed by atoms with Crippen LogP contribution in [0.1, 0.15) is 0 Å². The number of fused-ring (bicyclic) bond motifs is 12. The number of para-hydroxylation sites is 2. The van der Waals surface area contributed by atoms with E-state index in [9.17, 15) is 0 Å². The average Bonchev–Trinajstić information content (AvgIpc) is 1.17. The third kappa shape index (κ3) is 7.33. The average molecular weight is 1090 g/mol. The molecule has 398 valence electrons. The van der Waals surface area contributed by atoms with Crippen LogP contribution in [-0.4, -0.2) is 0 Å². The fourth-order valence-electron chi connectivity index (χ4n) is 14.5. The maximum Gasteiger partial charge on any atom is 0.143 e. The lowest BCUT2D eigenvalue weighted by Crippen LogP contribution is -1.92. The summed E-state index contributed by atoms with van der Waals surface area (Å²) in [5, 5.41) is 19.2. The molecule has 2 heteroatoms. The summed E-state index contributed by atoms with van der Waals surface area (Å²) in [5.74, 6) is 0. The van der Waals surface area contributed by atoms with Crippen molar-refractivity contribution in [1.82, 2.24) is 0 Å². The van der Waals surface area contributed by atoms with E-state index in [2.05, 4.69) is 291 Å². The van der Waals surface area contributed by atoms with Crippen molar-refractivity contribution in [3.05, 3.63) is 303 Å². The molecule has 2 nitrogen and oxygen atoms in total. The molecule has 0 aliphatic rings. The molecule has 0 N–H and O–H groups in total. The van der Waals surface area contributed by atoms with Gasteiger partial charge in [0.15, 0.2) is 0 Å². The zero-order valence-electron chi connectivity index (χ0n) is 46.7. The standard InChI is InChI=1S/C84H50O2/c1-2-23-57-51(19-1)20-14-37-63(57)81-70-29-7-3-25-66(70)79(67-26-4-8-30-71(67)81)53-45-43-52(44-46-53)58-33-15-40-74-83-65(39-18-42-78(83)86-84(58)74)61-36-16-35-60-59(61)34-17-38-64(60)82-72-31-9-5-27-68(72)80(69-28-6-10-32-73(69)82)56-22-13-21-54(49-56)55-47-48-77-75(50-55)62-24-11-12-41-76(62)85-77/h1-50H. The van der Waals surface area contributed by atoms with Gasteiger partial charge in [-0.3, -0.25) is 0 Å². The third-order valence-electron chi connectivity index (χ3n) is 18.3. The first-order valence-corrected chi connectivity index (χ1v) is 29.6. The summed E-state index contributed by atoms with van der Waals surface area (Å²) in [4.78, 5) is 0. The zero-order chi connectivity index (χ0) is 56.4. The van der Waals surface area contributed by atoms with E-state index < -0.39 is 0 Å². The molecule has 86 heavy (non-hydrogen) atoms. The minimum atomic E-state index is 0.867. The smallest absolute Gasteiger partial charge is 0.143 e. The molecule has 0 spiro atoms. The first-order chi connectivity index (χ1) is 42.7. The Morgan fingerprint density at radius 2 is 0.570 bits per heavy atom. The van der Waals surface area contributed by atoms with Crippen molar-refractivity contribution < 1.29 is 8.83 Å². The van der Waals surface area contributed by atoms with Crippen LogP contribution in [0.5, 0.6) is 0 Å². The van der Waals surface area contributed by atoms with Gasteiger partial charge in [-0.15, -0.1) is 0 Å². The Kier molecular flexibility index (Phi) is 10.7. The Morgan fingerprint density at radius 1 is 0.174 bits per heavy atom. The van der Waals surface area contributed by atoms with Crippen molar-refractivity contribution in [2.45, 2.75) is 0 Å². The number of hydrogen-bond acceptors (Lipinski definition) is 2. The highest BCUT2D eigenvalue weighted by atomic mass is 16.3. The molecule has 16 aromatic carbocycles. The van der Waals surface area contributed by atoms with Crippen LogP contribution < -0.4 is 0 Å². The molecule has 18 rings (SSSR count). The largest absolute Gasteiger partial charge is 0.456 e. The summed E-state index contributed by atoms with van der Waals surface area (Å²) in [6.07, 6.45) is 0. The summed E-state index contributed by atoms with van der Waals surface area (Å²) in [6, 6.07) is 111. The van der Waals surface area contributed by atoms with Gasteiger partial charge in [0.1, 0.15) is 22.3 Å².